The molecule has 0 amide bonds. The number of ether oxygens (including phenoxy) is 1. The summed E-state index contributed by atoms with van der Waals surface area (Å²) in [4.78, 5) is 0. The van der Waals surface area contributed by atoms with E-state index in [4.69, 9.17) is 17.0 Å². The molecule has 2 rings (SSSR count). The highest BCUT2D eigenvalue weighted by Crippen LogP contribution is 2.19. The van der Waals surface area contributed by atoms with Gasteiger partial charge in [0.05, 0.1) is 6.04 Å². The molecule has 0 aliphatic rings. The van der Waals surface area contributed by atoms with Gasteiger partial charge in [-0.1, -0.05) is 55.5 Å². The Bertz CT molecular complexity index is 682. The molecule has 0 unspecified atom stereocenters. The predicted molar refractivity (Wildman–Crippen MR) is 106 cm³/mol. The van der Waals surface area contributed by atoms with Gasteiger partial charge in [0, 0.05) is 11.8 Å². The number of hydrogen-bond donors (Lipinski definition) is 2. The van der Waals surface area contributed by atoms with Gasteiger partial charge in [0.1, 0.15) is 12.4 Å². The molecule has 3 nitrogen and oxygen atoms in total. The van der Waals surface area contributed by atoms with Crippen LogP contribution in [0.5, 0.6) is 5.75 Å². The number of rotatable bonds is 7. The van der Waals surface area contributed by atoms with Crippen molar-refractivity contribution in [3.05, 3.63) is 72.3 Å². The third-order valence-corrected chi connectivity index (χ3v) is 3.87. The maximum absolute atomic E-state index is 5.54. The maximum atomic E-state index is 5.54. The molecule has 0 bridgehead atoms. The Kier molecular flexibility index (Phi) is 6.82. The molecule has 1 atom stereocenters. The highest BCUT2D eigenvalue weighted by Gasteiger charge is 2.10. The summed E-state index contributed by atoms with van der Waals surface area (Å²) in [6.07, 6.45) is 2.67. The van der Waals surface area contributed by atoms with Crippen molar-refractivity contribution in [2.75, 3.05) is 11.9 Å². The third-order valence-electron chi connectivity index (χ3n) is 3.65. The van der Waals surface area contributed by atoms with Crippen LogP contribution in [0.15, 0.2) is 61.2 Å². The van der Waals surface area contributed by atoms with E-state index in [0.717, 1.165) is 17.9 Å². The summed E-state index contributed by atoms with van der Waals surface area (Å²) in [5.41, 5.74) is 3.38. The molecule has 0 fully saturated rings. The van der Waals surface area contributed by atoms with Gasteiger partial charge in [0.15, 0.2) is 5.11 Å². The molecule has 24 heavy (non-hydrogen) atoms. The van der Waals surface area contributed by atoms with Crippen LogP contribution in [0.1, 0.15) is 30.5 Å². The summed E-state index contributed by atoms with van der Waals surface area (Å²) in [6.45, 7) is 8.37. The lowest BCUT2D eigenvalue weighted by atomic mass is 10.0. The molecule has 4 heteroatoms. The zero-order chi connectivity index (χ0) is 17.4. The Morgan fingerprint density at radius 2 is 2.00 bits per heavy atom. The summed E-state index contributed by atoms with van der Waals surface area (Å²) in [7, 11) is 0. The van der Waals surface area contributed by atoms with Crippen molar-refractivity contribution < 1.29 is 4.74 Å². The number of hydrogen-bond acceptors (Lipinski definition) is 2. The third kappa shape index (κ3) is 5.39. The SMILES string of the molecule is C=CCOc1cccc(NC(=S)N[C@@H](CC)c2ccc(C)cc2)c1. The largest absolute Gasteiger partial charge is 0.489 e. The molecular formula is C20H24N2OS. The van der Waals surface area contributed by atoms with Crippen LogP contribution in [-0.4, -0.2) is 11.7 Å². The van der Waals surface area contributed by atoms with Crippen molar-refractivity contribution in [2.45, 2.75) is 26.3 Å². The van der Waals surface area contributed by atoms with Gasteiger partial charge < -0.3 is 15.4 Å². The number of nitrogens with one attached hydrogen (secondary N) is 2. The first-order chi connectivity index (χ1) is 11.6. The first kappa shape index (κ1) is 18.0. The second kappa shape index (κ2) is 9.08. The van der Waals surface area contributed by atoms with E-state index in [9.17, 15) is 0 Å². The summed E-state index contributed by atoms with van der Waals surface area (Å²) < 4.78 is 5.54. The number of aryl methyl sites for hydroxylation is 1. The first-order valence-electron chi connectivity index (χ1n) is 8.10. The Morgan fingerprint density at radius 1 is 1.25 bits per heavy atom. The Morgan fingerprint density at radius 3 is 2.67 bits per heavy atom. The lowest BCUT2D eigenvalue weighted by Crippen LogP contribution is -2.32. The van der Waals surface area contributed by atoms with Gasteiger partial charge >= 0.3 is 0 Å². The van der Waals surface area contributed by atoms with Crippen LogP contribution in [0.4, 0.5) is 5.69 Å². The van der Waals surface area contributed by atoms with Crippen LogP contribution in [-0.2, 0) is 0 Å². The minimum absolute atomic E-state index is 0.186. The fraction of sp³-hybridized carbons (Fsp3) is 0.250. The molecule has 0 saturated heterocycles. The van der Waals surface area contributed by atoms with Crippen LogP contribution in [0.3, 0.4) is 0 Å². The normalized spacial score (nSPS) is 11.4. The molecule has 126 valence electrons. The minimum Gasteiger partial charge on any atom is -0.489 e. The second-order valence-electron chi connectivity index (χ2n) is 5.60. The molecule has 0 saturated carbocycles. The van der Waals surface area contributed by atoms with Crippen LogP contribution in [0, 0.1) is 6.92 Å². The van der Waals surface area contributed by atoms with Crippen LogP contribution >= 0.6 is 12.2 Å². The maximum Gasteiger partial charge on any atom is 0.171 e. The van der Waals surface area contributed by atoms with E-state index in [0.29, 0.717) is 11.7 Å². The average molecular weight is 340 g/mol. The average Bonchev–Trinajstić information content (AvgIpc) is 2.59. The predicted octanol–water partition coefficient (Wildman–Crippen LogP) is 5.00. The van der Waals surface area contributed by atoms with E-state index < -0.39 is 0 Å². The van der Waals surface area contributed by atoms with Crippen molar-refractivity contribution in [2.24, 2.45) is 0 Å². The molecule has 0 aliphatic heterocycles. The zero-order valence-electron chi connectivity index (χ0n) is 14.2. The van der Waals surface area contributed by atoms with Gasteiger partial charge in [-0.15, -0.1) is 0 Å². The van der Waals surface area contributed by atoms with Gasteiger partial charge in [-0.05, 0) is 43.3 Å². The van der Waals surface area contributed by atoms with Gasteiger partial charge in [-0.25, -0.2) is 0 Å². The lowest BCUT2D eigenvalue weighted by molar-refractivity contribution is 0.363. The zero-order valence-corrected chi connectivity index (χ0v) is 15.0. The van der Waals surface area contributed by atoms with E-state index >= 15 is 0 Å². The fourth-order valence-corrected chi connectivity index (χ4v) is 2.62. The van der Waals surface area contributed by atoms with Crippen molar-refractivity contribution in [1.82, 2.24) is 5.32 Å². The Labute approximate surface area is 149 Å². The summed E-state index contributed by atoms with van der Waals surface area (Å²) in [5.74, 6) is 0.785. The molecular weight excluding hydrogens is 316 g/mol. The van der Waals surface area contributed by atoms with Gasteiger partial charge in [0.25, 0.3) is 0 Å². The number of benzene rings is 2. The van der Waals surface area contributed by atoms with Crippen molar-refractivity contribution in [3.63, 3.8) is 0 Å². The molecule has 0 heterocycles. The molecule has 0 radical (unpaired) electrons. The van der Waals surface area contributed by atoms with Gasteiger partial charge in [-0.3, -0.25) is 0 Å². The van der Waals surface area contributed by atoms with E-state index in [1.807, 2.05) is 24.3 Å². The number of thiocarbonyl (C=S) groups is 1. The van der Waals surface area contributed by atoms with E-state index in [1.54, 1.807) is 6.08 Å². The highest BCUT2D eigenvalue weighted by atomic mass is 32.1. The molecule has 0 aliphatic carbocycles. The van der Waals surface area contributed by atoms with Crippen LogP contribution in [0.2, 0.25) is 0 Å². The van der Waals surface area contributed by atoms with E-state index in [1.165, 1.54) is 11.1 Å². The molecule has 0 spiro atoms. The van der Waals surface area contributed by atoms with Crippen molar-refractivity contribution in [3.8, 4) is 5.75 Å². The molecule has 2 aromatic carbocycles. The van der Waals surface area contributed by atoms with Gasteiger partial charge in [-0.2, -0.15) is 0 Å². The van der Waals surface area contributed by atoms with E-state index in [-0.39, 0.29) is 6.04 Å². The smallest absolute Gasteiger partial charge is 0.171 e. The second-order valence-corrected chi connectivity index (χ2v) is 6.01. The Balaban J connectivity index is 1.98. The first-order valence-corrected chi connectivity index (χ1v) is 8.51. The highest BCUT2D eigenvalue weighted by molar-refractivity contribution is 7.80. The monoisotopic (exact) mass is 340 g/mol. The minimum atomic E-state index is 0.186. The van der Waals surface area contributed by atoms with Crippen LogP contribution in [0.25, 0.3) is 0 Å². The summed E-state index contributed by atoms with van der Waals surface area (Å²) in [5, 5.41) is 7.20. The van der Waals surface area contributed by atoms with Gasteiger partial charge in [0.2, 0.25) is 0 Å². The fourth-order valence-electron chi connectivity index (χ4n) is 2.36. The standard InChI is InChI=1S/C20H24N2OS/c1-4-13-23-18-8-6-7-17(14-18)21-20(24)22-19(5-2)16-11-9-15(3)10-12-16/h4,6-12,14,19H,1,5,13H2,2-3H3,(H2,21,22,24)/t19-/m0/s1. The topological polar surface area (TPSA) is 33.3 Å². The van der Waals surface area contributed by atoms with Crippen molar-refractivity contribution in [1.29, 1.82) is 0 Å². The number of anilines is 1. The molecule has 2 N–H and O–H groups in total. The molecule has 2 aromatic rings. The summed E-state index contributed by atoms with van der Waals surface area (Å²) >= 11 is 5.46. The molecule has 0 aromatic heterocycles. The quantitative estimate of drug-likeness (QED) is 0.549. The van der Waals surface area contributed by atoms with Crippen molar-refractivity contribution >= 4 is 23.0 Å². The summed E-state index contributed by atoms with van der Waals surface area (Å²) in [6, 6.07) is 16.4. The van der Waals surface area contributed by atoms with Crippen LogP contribution < -0.4 is 15.4 Å². The lowest BCUT2D eigenvalue weighted by Gasteiger charge is -2.20. The Hall–Kier alpha value is -2.33. The van der Waals surface area contributed by atoms with E-state index in [2.05, 4.69) is 55.3 Å².